The molecule has 0 spiro atoms. The first kappa shape index (κ1) is 16.5. The van der Waals surface area contributed by atoms with Gasteiger partial charge in [0.15, 0.2) is 5.65 Å². The van der Waals surface area contributed by atoms with Crippen molar-refractivity contribution in [3.8, 4) is 0 Å². The molecule has 1 fully saturated rings. The number of carbonyl (C=O) groups is 1. The molecule has 3 rings (SSSR count). The van der Waals surface area contributed by atoms with Gasteiger partial charge in [-0.15, -0.1) is 5.10 Å². The summed E-state index contributed by atoms with van der Waals surface area (Å²) in [6.07, 6.45) is 3.81. The molecular formula is C18H23N3O3. The summed E-state index contributed by atoms with van der Waals surface area (Å²) < 4.78 is 8.19. The van der Waals surface area contributed by atoms with Gasteiger partial charge >= 0.3 is 11.7 Å². The van der Waals surface area contributed by atoms with Gasteiger partial charge in [-0.2, -0.15) is 0 Å². The van der Waals surface area contributed by atoms with Gasteiger partial charge in [0.05, 0.1) is 12.5 Å². The first-order valence-electron chi connectivity index (χ1n) is 8.18. The monoisotopic (exact) mass is 329 g/mol. The molecule has 24 heavy (non-hydrogen) atoms. The summed E-state index contributed by atoms with van der Waals surface area (Å²) in [5, 5.41) is 4.22. The lowest BCUT2D eigenvalue weighted by Gasteiger charge is -2.05. The lowest BCUT2D eigenvalue weighted by atomic mass is 10.1. The Kier molecular flexibility index (Phi) is 4.07. The number of ether oxygens (including phenoxy) is 1. The van der Waals surface area contributed by atoms with Crippen molar-refractivity contribution in [3.05, 3.63) is 46.5 Å². The van der Waals surface area contributed by atoms with Gasteiger partial charge in [-0.05, 0) is 37.3 Å². The van der Waals surface area contributed by atoms with E-state index < -0.39 is 0 Å². The third-order valence-electron chi connectivity index (χ3n) is 4.71. The Hall–Kier alpha value is -2.37. The van der Waals surface area contributed by atoms with Gasteiger partial charge in [0.2, 0.25) is 0 Å². The van der Waals surface area contributed by atoms with Gasteiger partial charge in [0, 0.05) is 6.20 Å². The van der Waals surface area contributed by atoms with E-state index in [0.717, 1.165) is 0 Å². The molecule has 0 bridgehead atoms. The number of nitrogens with zero attached hydrogens (tertiary/aromatic N) is 3. The number of fused-ring (bicyclic) bond motifs is 1. The summed E-state index contributed by atoms with van der Waals surface area (Å²) in [4.78, 5) is 24.4. The molecule has 2 aromatic rings. The number of aromatic nitrogens is 3. The molecule has 1 aliphatic rings. The number of hydrogen-bond acceptors (Lipinski definition) is 4. The van der Waals surface area contributed by atoms with Crippen molar-refractivity contribution in [3.63, 3.8) is 0 Å². The molecule has 2 unspecified atom stereocenters. The lowest BCUT2D eigenvalue weighted by molar-refractivity contribution is -0.146. The average molecular weight is 329 g/mol. The molecule has 6 nitrogen and oxygen atoms in total. The predicted molar refractivity (Wildman–Crippen MR) is 90.6 cm³/mol. The number of esters is 1. The van der Waals surface area contributed by atoms with Crippen LogP contribution in [0.15, 0.2) is 40.8 Å². The molecular weight excluding hydrogens is 306 g/mol. The van der Waals surface area contributed by atoms with Crippen molar-refractivity contribution < 1.29 is 9.53 Å². The Balaban J connectivity index is 1.60. The van der Waals surface area contributed by atoms with E-state index in [1.54, 1.807) is 18.3 Å². The molecule has 0 aromatic carbocycles. The van der Waals surface area contributed by atoms with Gasteiger partial charge in [-0.3, -0.25) is 9.20 Å². The van der Waals surface area contributed by atoms with Gasteiger partial charge in [0.25, 0.3) is 0 Å². The highest BCUT2D eigenvalue weighted by Crippen LogP contribution is 2.59. The maximum absolute atomic E-state index is 12.3. The minimum Gasteiger partial charge on any atom is -0.463 e. The number of allylic oxidation sites excluding steroid dienone is 2. The third kappa shape index (κ3) is 2.88. The van der Waals surface area contributed by atoms with Crippen LogP contribution in [0.5, 0.6) is 0 Å². The number of carbonyl (C=O) groups excluding carboxylic acids is 1. The maximum atomic E-state index is 12.3. The Morgan fingerprint density at radius 3 is 2.79 bits per heavy atom. The fourth-order valence-electron chi connectivity index (χ4n) is 3.23. The minimum atomic E-state index is -0.226. The molecule has 0 saturated heterocycles. The third-order valence-corrected chi connectivity index (χ3v) is 4.71. The van der Waals surface area contributed by atoms with Crippen LogP contribution in [0.2, 0.25) is 0 Å². The van der Waals surface area contributed by atoms with Crippen LogP contribution in [0.25, 0.3) is 5.65 Å². The summed E-state index contributed by atoms with van der Waals surface area (Å²) in [6, 6.07) is 5.37. The van der Waals surface area contributed by atoms with Crippen molar-refractivity contribution in [2.75, 3.05) is 6.61 Å². The highest BCUT2D eigenvalue weighted by atomic mass is 16.5. The first-order valence-corrected chi connectivity index (χ1v) is 8.18. The van der Waals surface area contributed by atoms with Crippen LogP contribution in [0, 0.1) is 17.3 Å². The van der Waals surface area contributed by atoms with Gasteiger partial charge < -0.3 is 4.74 Å². The Morgan fingerprint density at radius 1 is 1.38 bits per heavy atom. The molecule has 0 radical (unpaired) electrons. The predicted octanol–water partition coefficient (Wildman–Crippen LogP) is 2.28. The minimum absolute atomic E-state index is 0.0612. The van der Waals surface area contributed by atoms with Crippen LogP contribution < -0.4 is 5.69 Å². The molecule has 0 aliphatic heterocycles. The summed E-state index contributed by atoms with van der Waals surface area (Å²) in [5.41, 5.74) is 1.50. The van der Waals surface area contributed by atoms with E-state index in [4.69, 9.17) is 4.74 Å². The van der Waals surface area contributed by atoms with Crippen molar-refractivity contribution in [1.29, 1.82) is 0 Å². The molecule has 1 aliphatic carbocycles. The normalized spacial score (nSPS) is 21.5. The van der Waals surface area contributed by atoms with E-state index in [1.807, 2.05) is 19.9 Å². The smallest absolute Gasteiger partial charge is 0.350 e. The average Bonchev–Trinajstić information content (AvgIpc) is 2.89. The van der Waals surface area contributed by atoms with E-state index in [0.29, 0.717) is 5.65 Å². The summed E-state index contributed by atoms with van der Waals surface area (Å²) in [5.74, 6) is -0.0718. The molecule has 1 saturated carbocycles. The van der Waals surface area contributed by atoms with Gasteiger partial charge in [-0.25, -0.2) is 9.48 Å². The molecule has 0 amide bonds. The van der Waals surface area contributed by atoms with E-state index in [2.05, 4.69) is 25.0 Å². The van der Waals surface area contributed by atoms with E-state index >= 15 is 0 Å². The van der Waals surface area contributed by atoms with Gasteiger partial charge in [0.1, 0.15) is 6.61 Å². The number of rotatable bonds is 5. The van der Waals surface area contributed by atoms with Gasteiger partial charge in [-0.1, -0.05) is 31.6 Å². The van der Waals surface area contributed by atoms with E-state index in [1.165, 1.54) is 14.7 Å². The van der Waals surface area contributed by atoms with E-state index in [9.17, 15) is 9.59 Å². The van der Waals surface area contributed by atoms with Crippen LogP contribution in [0.3, 0.4) is 0 Å². The van der Waals surface area contributed by atoms with Crippen LogP contribution in [-0.2, 0) is 16.1 Å². The largest absolute Gasteiger partial charge is 0.463 e. The Bertz CT molecular complexity index is 856. The maximum Gasteiger partial charge on any atom is 0.350 e. The molecule has 2 aromatic heterocycles. The van der Waals surface area contributed by atoms with Crippen LogP contribution in [0.1, 0.15) is 27.7 Å². The standard InChI is InChI=1S/C18H23N3O3/c1-12(2)11-13-15(18(13,3)4)16(22)24-10-9-21-17(23)20-8-6-5-7-14(20)19-21/h5-8,11,13,15H,9-10H2,1-4H3. The first-order chi connectivity index (χ1) is 11.3. The summed E-state index contributed by atoms with van der Waals surface area (Å²) >= 11 is 0. The molecule has 128 valence electrons. The Labute approximate surface area is 140 Å². The zero-order valence-electron chi connectivity index (χ0n) is 14.5. The molecule has 2 atom stereocenters. The van der Waals surface area contributed by atoms with E-state index in [-0.39, 0.29) is 42.1 Å². The SMILES string of the molecule is CC(C)=CC1C(C(=O)OCCn2nc3ccccn3c2=O)C1(C)C. The number of hydrogen-bond donors (Lipinski definition) is 0. The topological polar surface area (TPSA) is 65.6 Å². The van der Waals surface area contributed by atoms with Crippen LogP contribution in [-0.4, -0.2) is 26.8 Å². The van der Waals surface area contributed by atoms with Crippen molar-refractivity contribution in [2.45, 2.75) is 34.2 Å². The quantitative estimate of drug-likeness (QED) is 0.623. The summed E-state index contributed by atoms with van der Waals surface area (Å²) in [6.45, 7) is 8.63. The number of pyridine rings is 1. The molecule has 2 heterocycles. The zero-order valence-corrected chi connectivity index (χ0v) is 14.5. The van der Waals surface area contributed by atoms with Crippen LogP contribution in [0.4, 0.5) is 0 Å². The highest BCUT2D eigenvalue weighted by molar-refractivity contribution is 5.78. The van der Waals surface area contributed by atoms with Crippen molar-refractivity contribution in [1.82, 2.24) is 14.2 Å². The second-order valence-corrected chi connectivity index (χ2v) is 7.17. The fourth-order valence-corrected chi connectivity index (χ4v) is 3.23. The van der Waals surface area contributed by atoms with Crippen molar-refractivity contribution >= 4 is 11.6 Å². The van der Waals surface area contributed by atoms with Crippen LogP contribution >= 0.6 is 0 Å². The second-order valence-electron chi connectivity index (χ2n) is 7.17. The highest BCUT2D eigenvalue weighted by Gasteiger charge is 2.61. The zero-order chi connectivity index (χ0) is 17.5. The summed E-state index contributed by atoms with van der Waals surface area (Å²) in [7, 11) is 0. The molecule has 0 N–H and O–H groups in total. The molecule has 6 heteroatoms. The Morgan fingerprint density at radius 2 is 2.12 bits per heavy atom. The fraction of sp³-hybridized carbons (Fsp3) is 0.500. The second kappa shape index (κ2) is 5.92. The lowest BCUT2D eigenvalue weighted by Crippen LogP contribution is -2.24. The van der Waals surface area contributed by atoms with Crippen molar-refractivity contribution in [2.24, 2.45) is 17.3 Å².